The summed E-state index contributed by atoms with van der Waals surface area (Å²) in [7, 11) is -3.94. The maximum absolute atomic E-state index is 12.8. The van der Waals surface area contributed by atoms with Crippen molar-refractivity contribution in [1.82, 2.24) is 0 Å². The van der Waals surface area contributed by atoms with E-state index in [2.05, 4.69) is 10.0 Å². The number of sulfonamides is 1. The van der Waals surface area contributed by atoms with E-state index < -0.39 is 16.1 Å². The van der Waals surface area contributed by atoms with Gasteiger partial charge in [0.25, 0.3) is 15.9 Å². The van der Waals surface area contributed by atoms with Crippen molar-refractivity contribution < 1.29 is 17.9 Å². The fraction of sp³-hybridized carbons (Fsp3) is 0.316. The first-order chi connectivity index (χ1) is 13.2. The van der Waals surface area contributed by atoms with Gasteiger partial charge in [-0.15, -0.1) is 0 Å². The van der Waals surface area contributed by atoms with Gasteiger partial charge in [0.2, 0.25) is 0 Å². The van der Waals surface area contributed by atoms with Crippen molar-refractivity contribution in [3.05, 3.63) is 51.5 Å². The van der Waals surface area contributed by atoms with E-state index in [1.807, 2.05) is 0 Å². The number of aryl methyl sites for hydroxylation is 1. The molecule has 0 aliphatic carbocycles. The first-order valence-electron chi connectivity index (χ1n) is 8.69. The fourth-order valence-corrected chi connectivity index (χ4v) is 5.24. The summed E-state index contributed by atoms with van der Waals surface area (Å²) < 4.78 is 33.5. The maximum Gasteiger partial charge on any atom is 0.263 e. The van der Waals surface area contributed by atoms with E-state index in [0.717, 1.165) is 6.42 Å². The molecule has 1 aliphatic heterocycles. The van der Waals surface area contributed by atoms with Crippen LogP contribution in [-0.4, -0.2) is 27.0 Å². The number of halogens is 2. The SMILES string of the molecule is Cc1cc(Cl)c(C)c(S(=O)(=O)Nc2ccc(NC(=O)[C@H]3CCCO3)cc2)c1Cl. The molecule has 0 spiro atoms. The van der Waals surface area contributed by atoms with E-state index in [0.29, 0.717) is 40.6 Å². The molecule has 2 N–H and O–H groups in total. The summed E-state index contributed by atoms with van der Waals surface area (Å²) >= 11 is 12.4. The van der Waals surface area contributed by atoms with Crippen molar-refractivity contribution in [1.29, 1.82) is 0 Å². The summed E-state index contributed by atoms with van der Waals surface area (Å²) in [6.45, 7) is 3.88. The van der Waals surface area contributed by atoms with Gasteiger partial charge in [-0.1, -0.05) is 23.2 Å². The minimum atomic E-state index is -3.94. The minimum absolute atomic E-state index is 0.0464. The van der Waals surface area contributed by atoms with Crippen molar-refractivity contribution in [2.45, 2.75) is 37.7 Å². The first-order valence-corrected chi connectivity index (χ1v) is 10.9. The molecule has 1 aliphatic rings. The quantitative estimate of drug-likeness (QED) is 0.711. The lowest BCUT2D eigenvalue weighted by molar-refractivity contribution is -0.124. The van der Waals surface area contributed by atoms with Crippen LogP contribution in [0.4, 0.5) is 11.4 Å². The molecule has 0 radical (unpaired) electrons. The highest BCUT2D eigenvalue weighted by Gasteiger charge is 2.25. The van der Waals surface area contributed by atoms with Crippen molar-refractivity contribution in [3.8, 4) is 0 Å². The molecule has 9 heteroatoms. The van der Waals surface area contributed by atoms with E-state index in [1.165, 1.54) is 0 Å². The Kier molecular flexibility index (Phi) is 6.19. The van der Waals surface area contributed by atoms with E-state index in [1.54, 1.807) is 44.2 Å². The van der Waals surface area contributed by atoms with Crippen LogP contribution in [0, 0.1) is 13.8 Å². The summed E-state index contributed by atoms with van der Waals surface area (Å²) in [6.07, 6.45) is 1.13. The molecular weight excluding hydrogens is 423 g/mol. The number of hydrogen-bond donors (Lipinski definition) is 2. The first kappa shape index (κ1) is 20.9. The standard InChI is InChI=1S/C19H20Cl2N2O4S/c1-11-10-15(20)12(2)18(17(11)21)28(25,26)23-14-7-5-13(6-8-14)22-19(24)16-4-3-9-27-16/h5-8,10,16,23H,3-4,9H2,1-2H3,(H,22,24)/t16-/m1/s1. The van der Waals surface area contributed by atoms with Gasteiger partial charge in [0.05, 0.1) is 5.02 Å². The predicted octanol–water partition coefficient (Wildman–Crippen LogP) is 4.53. The Bertz CT molecular complexity index is 975. The highest BCUT2D eigenvalue weighted by Crippen LogP contribution is 2.34. The lowest BCUT2D eigenvalue weighted by Crippen LogP contribution is -2.26. The Morgan fingerprint density at radius 2 is 1.79 bits per heavy atom. The van der Waals surface area contributed by atoms with Crippen LogP contribution in [0.5, 0.6) is 0 Å². The molecule has 1 atom stereocenters. The van der Waals surface area contributed by atoms with Crippen LogP contribution in [0.2, 0.25) is 10.0 Å². The molecule has 6 nitrogen and oxygen atoms in total. The molecule has 2 aromatic rings. The van der Waals surface area contributed by atoms with Gasteiger partial charge in [-0.2, -0.15) is 0 Å². The number of anilines is 2. The molecule has 0 saturated carbocycles. The number of rotatable bonds is 5. The molecule has 1 heterocycles. The van der Waals surface area contributed by atoms with E-state index >= 15 is 0 Å². The van der Waals surface area contributed by atoms with Crippen LogP contribution in [0.25, 0.3) is 0 Å². The third-order valence-corrected chi connectivity index (χ3v) is 7.03. The van der Waals surface area contributed by atoms with Gasteiger partial charge in [0.1, 0.15) is 11.0 Å². The second-order valence-corrected chi connectivity index (χ2v) is 9.02. The zero-order chi connectivity index (χ0) is 20.5. The normalized spacial score (nSPS) is 16.8. The molecule has 0 bridgehead atoms. The number of carbonyl (C=O) groups is 1. The Morgan fingerprint density at radius 1 is 1.14 bits per heavy atom. The molecule has 0 unspecified atom stereocenters. The van der Waals surface area contributed by atoms with Crippen molar-refractivity contribution in [2.24, 2.45) is 0 Å². The third kappa shape index (κ3) is 4.43. The van der Waals surface area contributed by atoms with Gasteiger partial charge in [-0.25, -0.2) is 8.42 Å². The number of hydrogen-bond acceptors (Lipinski definition) is 4. The Morgan fingerprint density at radius 3 is 2.39 bits per heavy atom. The molecule has 3 rings (SSSR count). The lowest BCUT2D eigenvalue weighted by atomic mass is 10.2. The topological polar surface area (TPSA) is 84.5 Å². The smallest absolute Gasteiger partial charge is 0.263 e. The fourth-order valence-electron chi connectivity index (χ4n) is 2.97. The number of nitrogens with one attached hydrogen (secondary N) is 2. The third-order valence-electron chi connectivity index (χ3n) is 4.48. The van der Waals surface area contributed by atoms with E-state index in [4.69, 9.17) is 27.9 Å². The van der Waals surface area contributed by atoms with Crippen LogP contribution in [-0.2, 0) is 19.6 Å². The lowest BCUT2D eigenvalue weighted by Gasteiger charge is -2.15. The van der Waals surface area contributed by atoms with Crippen LogP contribution in [0.1, 0.15) is 24.0 Å². The Balaban J connectivity index is 1.77. The van der Waals surface area contributed by atoms with Crippen LogP contribution < -0.4 is 10.0 Å². The average molecular weight is 443 g/mol. The van der Waals surface area contributed by atoms with Gasteiger partial charge >= 0.3 is 0 Å². The van der Waals surface area contributed by atoms with Gasteiger partial charge < -0.3 is 10.1 Å². The molecule has 1 amide bonds. The second kappa shape index (κ2) is 8.29. The molecule has 1 fully saturated rings. The molecular formula is C19H20Cl2N2O4S. The number of benzene rings is 2. The van der Waals surface area contributed by atoms with Gasteiger partial charge in [-0.3, -0.25) is 9.52 Å². The predicted molar refractivity (Wildman–Crippen MR) is 111 cm³/mol. The number of carbonyl (C=O) groups excluding carboxylic acids is 1. The van der Waals surface area contributed by atoms with Crippen LogP contribution >= 0.6 is 23.2 Å². The highest BCUT2D eigenvalue weighted by atomic mass is 35.5. The summed E-state index contributed by atoms with van der Waals surface area (Å²) in [5.41, 5.74) is 1.84. The minimum Gasteiger partial charge on any atom is -0.368 e. The van der Waals surface area contributed by atoms with Gasteiger partial charge in [0.15, 0.2) is 0 Å². The zero-order valence-corrected chi connectivity index (χ0v) is 17.7. The van der Waals surface area contributed by atoms with Gasteiger partial charge in [0, 0.05) is 23.0 Å². The Labute approximate surface area is 174 Å². The zero-order valence-electron chi connectivity index (χ0n) is 15.4. The van der Waals surface area contributed by atoms with E-state index in [9.17, 15) is 13.2 Å². The number of amides is 1. The number of ether oxygens (including phenoxy) is 1. The summed E-state index contributed by atoms with van der Waals surface area (Å²) in [4.78, 5) is 12.0. The average Bonchev–Trinajstić information content (AvgIpc) is 3.16. The summed E-state index contributed by atoms with van der Waals surface area (Å²) in [6, 6.07) is 7.97. The summed E-state index contributed by atoms with van der Waals surface area (Å²) in [5.74, 6) is -0.206. The van der Waals surface area contributed by atoms with Crippen LogP contribution in [0.3, 0.4) is 0 Å². The molecule has 2 aromatic carbocycles. The summed E-state index contributed by atoms with van der Waals surface area (Å²) in [5, 5.41) is 3.22. The second-order valence-electron chi connectivity index (χ2n) is 6.62. The monoisotopic (exact) mass is 442 g/mol. The van der Waals surface area contributed by atoms with Crippen molar-refractivity contribution >= 4 is 50.5 Å². The van der Waals surface area contributed by atoms with E-state index in [-0.39, 0.29) is 15.8 Å². The highest BCUT2D eigenvalue weighted by molar-refractivity contribution is 7.93. The largest absolute Gasteiger partial charge is 0.368 e. The Hall–Kier alpha value is -1.80. The van der Waals surface area contributed by atoms with Crippen LogP contribution in [0.15, 0.2) is 35.2 Å². The van der Waals surface area contributed by atoms with Crippen molar-refractivity contribution in [2.75, 3.05) is 16.6 Å². The molecule has 28 heavy (non-hydrogen) atoms. The van der Waals surface area contributed by atoms with Gasteiger partial charge in [-0.05, 0) is 68.1 Å². The molecule has 1 saturated heterocycles. The van der Waals surface area contributed by atoms with Crippen molar-refractivity contribution in [3.63, 3.8) is 0 Å². The maximum atomic E-state index is 12.8. The molecule has 150 valence electrons. The molecule has 0 aromatic heterocycles.